The molecule has 1 aliphatic rings. The largest absolute Gasteiger partial charge is 0.492 e. The maximum Gasteiger partial charge on any atom is 0.492 e. The van der Waals surface area contributed by atoms with Gasteiger partial charge in [0.2, 0.25) is 0 Å². The summed E-state index contributed by atoms with van der Waals surface area (Å²) >= 11 is 11.6. The Morgan fingerprint density at radius 3 is 2.05 bits per heavy atom. The predicted molar refractivity (Wildman–Crippen MR) is 87.6 cm³/mol. The molecule has 0 unspecified atom stereocenters. The van der Waals surface area contributed by atoms with Gasteiger partial charge in [0.15, 0.2) is 5.82 Å². The smallest absolute Gasteiger partial charge is 0.400 e. The Morgan fingerprint density at radius 1 is 1.18 bits per heavy atom. The van der Waals surface area contributed by atoms with Crippen molar-refractivity contribution in [2.24, 2.45) is 0 Å². The number of hydrogen-bond acceptors (Lipinski definition) is 3. The summed E-state index contributed by atoms with van der Waals surface area (Å²) in [4.78, 5) is 0. The number of benzene rings is 1. The Labute approximate surface area is 140 Å². The second kappa shape index (κ2) is 6.14. The molecule has 0 spiro atoms. The van der Waals surface area contributed by atoms with Gasteiger partial charge in [-0.2, -0.15) is 0 Å². The van der Waals surface area contributed by atoms with Crippen LogP contribution in [0.15, 0.2) is 17.6 Å². The molecule has 120 valence electrons. The molecule has 1 aromatic rings. The summed E-state index contributed by atoms with van der Waals surface area (Å²) in [6.07, 6.45) is 1.64. The molecule has 7 heteroatoms. The predicted octanol–water partition coefficient (Wildman–Crippen LogP) is 4.14. The van der Waals surface area contributed by atoms with Crippen LogP contribution in [0.5, 0.6) is 0 Å². The zero-order valence-electron chi connectivity index (χ0n) is 12.9. The van der Waals surface area contributed by atoms with Crippen LogP contribution >= 0.6 is 23.2 Å². The van der Waals surface area contributed by atoms with Crippen molar-refractivity contribution in [3.05, 3.63) is 39.0 Å². The van der Waals surface area contributed by atoms with Gasteiger partial charge < -0.3 is 14.4 Å². The minimum atomic E-state index is -0.683. The molecule has 1 N–H and O–H groups in total. The quantitative estimate of drug-likeness (QED) is 0.660. The highest BCUT2D eigenvalue weighted by atomic mass is 35.5. The van der Waals surface area contributed by atoms with Gasteiger partial charge in [-0.25, -0.2) is 4.39 Å². The standard InChI is InChI=1S/C15H18BCl2FO3/c1-14(2)15(3,4)22-16(21-14)10(8-20)5-9-6-11(17)13(19)12(18)7-9/h5-7,20H,8H2,1-4H3. The number of aliphatic hydroxyl groups is 1. The lowest BCUT2D eigenvalue weighted by Crippen LogP contribution is -2.41. The van der Waals surface area contributed by atoms with Crippen LogP contribution in [0, 0.1) is 5.82 Å². The van der Waals surface area contributed by atoms with E-state index in [0.717, 1.165) is 0 Å². The molecule has 1 saturated heterocycles. The highest BCUT2D eigenvalue weighted by Gasteiger charge is 2.52. The summed E-state index contributed by atoms with van der Waals surface area (Å²) in [5.41, 5.74) is 0.0566. The summed E-state index contributed by atoms with van der Waals surface area (Å²) in [6.45, 7) is 7.44. The van der Waals surface area contributed by atoms with Crippen LogP contribution in [0.4, 0.5) is 4.39 Å². The summed E-state index contributed by atoms with van der Waals surface area (Å²) in [7, 11) is -0.683. The third-order valence-corrected chi connectivity index (χ3v) is 4.65. The highest BCUT2D eigenvalue weighted by Crippen LogP contribution is 2.39. The third-order valence-electron chi connectivity index (χ3n) is 4.10. The molecule has 0 saturated carbocycles. The third kappa shape index (κ3) is 3.34. The monoisotopic (exact) mass is 346 g/mol. The molecule has 1 fully saturated rings. The summed E-state index contributed by atoms with van der Waals surface area (Å²) < 4.78 is 25.2. The van der Waals surface area contributed by atoms with Crippen LogP contribution in [0.2, 0.25) is 10.0 Å². The molecule has 1 aromatic carbocycles. The molecule has 0 aliphatic carbocycles. The Hall–Kier alpha value is -0.585. The lowest BCUT2D eigenvalue weighted by Gasteiger charge is -2.32. The van der Waals surface area contributed by atoms with Crippen molar-refractivity contribution in [1.29, 1.82) is 0 Å². The lowest BCUT2D eigenvalue weighted by molar-refractivity contribution is 0.00578. The van der Waals surface area contributed by atoms with E-state index >= 15 is 0 Å². The van der Waals surface area contributed by atoms with Crippen LogP contribution in [0.25, 0.3) is 6.08 Å². The van der Waals surface area contributed by atoms with Gasteiger partial charge in [-0.3, -0.25) is 0 Å². The van der Waals surface area contributed by atoms with E-state index in [2.05, 4.69) is 0 Å². The molecule has 0 bridgehead atoms. The molecule has 2 rings (SSSR count). The zero-order chi connectivity index (χ0) is 16.7. The van der Waals surface area contributed by atoms with Gasteiger partial charge in [-0.15, -0.1) is 0 Å². The molecule has 22 heavy (non-hydrogen) atoms. The van der Waals surface area contributed by atoms with Gasteiger partial charge >= 0.3 is 7.12 Å². The number of halogens is 3. The molecule has 3 nitrogen and oxygen atoms in total. The zero-order valence-corrected chi connectivity index (χ0v) is 14.4. The first-order chi connectivity index (χ1) is 10.1. The average molecular weight is 347 g/mol. The van der Waals surface area contributed by atoms with Gasteiger partial charge in [0.25, 0.3) is 0 Å². The average Bonchev–Trinajstić information content (AvgIpc) is 2.61. The number of rotatable bonds is 3. The Morgan fingerprint density at radius 2 is 1.64 bits per heavy atom. The molecule has 0 atom stereocenters. The maximum atomic E-state index is 13.5. The van der Waals surface area contributed by atoms with Crippen LogP contribution in [0.1, 0.15) is 33.3 Å². The van der Waals surface area contributed by atoms with Gasteiger partial charge in [0.1, 0.15) is 0 Å². The normalized spacial score (nSPS) is 20.5. The van der Waals surface area contributed by atoms with Crippen LogP contribution in [-0.4, -0.2) is 30.0 Å². The van der Waals surface area contributed by atoms with E-state index in [4.69, 9.17) is 32.5 Å². The fourth-order valence-electron chi connectivity index (χ4n) is 2.06. The molecular formula is C15H18BCl2FO3. The van der Waals surface area contributed by atoms with E-state index in [9.17, 15) is 9.50 Å². The molecule has 0 radical (unpaired) electrons. The van der Waals surface area contributed by atoms with Gasteiger partial charge in [-0.1, -0.05) is 29.3 Å². The van der Waals surface area contributed by atoms with Crippen molar-refractivity contribution in [3.63, 3.8) is 0 Å². The summed E-state index contributed by atoms with van der Waals surface area (Å²) in [5.74, 6) is -0.665. The van der Waals surface area contributed by atoms with Crippen molar-refractivity contribution in [2.75, 3.05) is 6.61 Å². The fourth-order valence-corrected chi connectivity index (χ4v) is 2.56. The second-order valence-electron chi connectivity index (χ2n) is 6.26. The van der Waals surface area contributed by atoms with E-state index < -0.39 is 24.1 Å². The number of hydrogen-bond donors (Lipinski definition) is 1. The molecule has 1 aliphatic heterocycles. The fraction of sp³-hybridized carbons (Fsp3) is 0.467. The van der Waals surface area contributed by atoms with Crippen molar-refractivity contribution in [2.45, 2.75) is 38.9 Å². The minimum Gasteiger partial charge on any atom is -0.400 e. The molecular weight excluding hydrogens is 329 g/mol. The summed E-state index contributed by atoms with van der Waals surface area (Å²) in [6, 6.07) is 2.87. The lowest BCUT2D eigenvalue weighted by atomic mass is 9.77. The van der Waals surface area contributed by atoms with Crippen LogP contribution in [0.3, 0.4) is 0 Å². The van der Waals surface area contributed by atoms with Gasteiger partial charge in [0, 0.05) is 0 Å². The Bertz CT molecular complexity index is 578. The topological polar surface area (TPSA) is 38.7 Å². The van der Waals surface area contributed by atoms with Crippen molar-refractivity contribution >= 4 is 36.4 Å². The maximum absolute atomic E-state index is 13.5. The van der Waals surface area contributed by atoms with Crippen LogP contribution in [-0.2, 0) is 9.31 Å². The van der Waals surface area contributed by atoms with E-state index in [1.807, 2.05) is 27.7 Å². The first-order valence-corrected chi connectivity index (χ1v) is 7.64. The molecule has 1 heterocycles. The highest BCUT2D eigenvalue weighted by molar-refractivity contribution is 6.55. The number of aliphatic hydroxyl groups excluding tert-OH is 1. The molecule has 0 amide bonds. The summed E-state index contributed by atoms with van der Waals surface area (Å²) in [5, 5.41) is 9.46. The van der Waals surface area contributed by atoms with Gasteiger partial charge in [0.05, 0.1) is 27.9 Å². The SMILES string of the molecule is CC1(C)OB(C(=Cc2cc(Cl)c(F)c(Cl)c2)CO)OC1(C)C. The van der Waals surface area contributed by atoms with E-state index in [0.29, 0.717) is 11.0 Å². The van der Waals surface area contributed by atoms with Crippen molar-refractivity contribution < 1.29 is 18.8 Å². The van der Waals surface area contributed by atoms with Crippen molar-refractivity contribution in [1.82, 2.24) is 0 Å². The van der Waals surface area contributed by atoms with E-state index in [-0.39, 0.29) is 16.7 Å². The van der Waals surface area contributed by atoms with Crippen LogP contribution < -0.4 is 0 Å². The van der Waals surface area contributed by atoms with E-state index in [1.165, 1.54) is 12.1 Å². The van der Waals surface area contributed by atoms with E-state index in [1.54, 1.807) is 6.08 Å². The van der Waals surface area contributed by atoms with Gasteiger partial charge in [-0.05, 0) is 50.9 Å². The Kier molecular flexibility index (Phi) is 4.95. The Balaban J connectivity index is 2.34. The first-order valence-electron chi connectivity index (χ1n) is 6.89. The first kappa shape index (κ1) is 17.8. The second-order valence-corrected chi connectivity index (χ2v) is 7.08. The molecule has 0 aromatic heterocycles. The van der Waals surface area contributed by atoms with Crippen molar-refractivity contribution in [3.8, 4) is 0 Å². The minimum absolute atomic E-state index is 0.0787.